The Hall–Kier alpha value is -1.63. The van der Waals surface area contributed by atoms with Gasteiger partial charge in [0.2, 0.25) is 0 Å². The van der Waals surface area contributed by atoms with Crippen molar-refractivity contribution >= 4 is 28.5 Å². The molecule has 0 radical (unpaired) electrons. The second-order valence-corrected chi connectivity index (χ2v) is 7.60. The van der Waals surface area contributed by atoms with Gasteiger partial charge in [-0.2, -0.15) is 0 Å². The van der Waals surface area contributed by atoms with Gasteiger partial charge in [0.05, 0.1) is 16.6 Å². The van der Waals surface area contributed by atoms with Crippen LogP contribution in [0.4, 0.5) is 0 Å². The molecule has 0 aliphatic carbocycles. The van der Waals surface area contributed by atoms with E-state index in [1.54, 1.807) is 12.1 Å². The summed E-state index contributed by atoms with van der Waals surface area (Å²) in [4.78, 5) is 19.3. The summed E-state index contributed by atoms with van der Waals surface area (Å²) in [5.74, 6) is 0.305. The van der Waals surface area contributed by atoms with E-state index in [9.17, 15) is 4.79 Å². The summed E-state index contributed by atoms with van der Waals surface area (Å²) in [5, 5.41) is 7.22. The molecule has 2 aromatic rings. The molecule has 2 aliphatic heterocycles. The summed E-state index contributed by atoms with van der Waals surface area (Å²) in [6.07, 6.45) is 4.87. The normalized spacial score (nSPS) is 25.8. The highest BCUT2D eigenvalue weighted by atomic mass is 35.5. The summed E-state index contributed by atoms with van der Waals surface area (Å²) in [5.41, 5.74) is 6.88. The molecule has 1 aromatic carbocycles. The van der Waals surface area contributed by atoms with Gasteiger partial charge in [0.1, 0.15) is 11.3 Å². The number of nitrogens with one attached hydrogen (secondary N) is 3. The van der Waals surface area contributed by atoms with E-state index in [4.69, 9.17) is 17.3 Å². The van der Waals surface area contributed by atoms with Crippen LogP contribution in [0.25, 0.3) is 11.0 Å². The number of aromatic amines is 1. The summed E-state index contributed by atoms with van der Waals surface area (Å²) < 4.78 is 0. The lowest BCUT2D eigenvalue weighted by molar-refractivity contribution is 0.100. The standard InChI is InChI=1S/C13H15ClN4O.C5H11N/c1-13(3-2-4-16-13)12-17-9-6-7(14)5-8(11(15)19)10(9)18-12;1-5-3-2-4-6-5/h5-6,16H,2-4H2,1H3,(H2,15,19)(H,17,18);5-6H,2-4H2,1H3/t13-;5-/m11/s1. The van der Waals surface area contributed by atoms with E-state index >= 15 is 0 Å². The topological polar surface area (TPSA) is 95.8 Å². The highest BCUT2D eigenvalue weighted by Gasteiger charge is 2.33. The van der Waals surface area contributed by atoms with Crippen LogP contribution >= 0.6 is 11.6 Å². The third-order valence-electron chi connectivity index (χ3n) is 5.01. The number of imidazole rings is 1. The van der Waals surface area contributed by atoms with Gasteiger partial charge in [-0.25, -0.2) is 4.98 Å². The predicted molar refractivity (Wildman–Crippen MR) is 101 cm³/mol. The molecule has 25 heavy (non-hydrogen) atoms. The van der Waals surface area contributed by atoms with E-state index in [2.05, 4.69) is 34.4 Å². The van der Waals surface area contributed by atoms with E-state index in [1.807, 2.05) is 0 Å². The molecule has 2 atom stereocenters. The lowest BCUT2D eigenvalue weighted by atomic mass is 10.00. The van der Waals surface area contributed by atoms with Crippen LogP contribution in [-0.4, -0.2) is 35.0 Å². The van der Waals surface area contributed by atoms with Crippen molar-refractivity contribution in [1.29, 1.82) is 0 Å². The number of H-pyrrole nitrogens is 1. The fourth-order valence-electron chi connectivity index (χ4n) is 3.49. The van der Waals surface area contributed by atoms with Crippen LogP contribution in [-0.2, 0) is 5.54 Å². The number of benzene rings is 1. The molecule has 0 unspecified atom stereocenters. The number of primary amides is 1. The molecule has 2 saturated heterocycles. The Kier molecular flexibility index (Phi) is 5.32. The number of aromatic nitrogens is 2. The molecule has 3 heterocycles. The Morgan fingerprint density at radius 1 is 1.36 bits per heavy atom. The highest BCUT2D eigenvalue weighted by Crippen LogP contribution is 2.31. The smallest absolute Gasteiger partial charge is 0.251 e. The van der Waals surface area contributed by atoms with Gasteiger partial charge in [-0.15, -0.1) is 0 Å². The second-order valence-electron chi connectivity index (χ2n) is 7.16. The molecule has 5 N–H and O–H groups in total. The zero-order valence-electron chi connectivity index (χ0n) is 14.8. The molecule has 4 rings (SSSR count). The van der Waals surface area contributed by atoms with Crippen molar-refractivity contribution in [1.82, 2.24) is 20.6 Å². The van der Waals surface area contributed by atoms with E-state index in [0.29, 0.717) is 16.1 Å². The molecule has 7 heteroatoms. The maximum atomic E-state index is 11.5. The number of carbonyl (C=O) groups is 1. The van der Waals surface area contributed by atoms with Crippen LogP contribution in [0.5, 0.6) is 0 Å². The number of nitrogens with two attached hydrogens (primary N) is 1. The molecule has 2 fully saturated rings. The van der Waals surface area contributed by atoms with Crippen LogP contribution < -0.4 is 16.4 Å². The Morgan fingerprint density at radius 3 is 2.68 bits per heavy atom. The van der Waals surface area contributed by atoms with E-state index < -0.39 is 5.91 Å². The minimum absolute atomic E-state index is 0.180. The zero-order valence-corrected chi connectivity index (χ0v) is 15.5. The SMILES string of the molecule is C[C@@H]1CCCN1.C[C@]1(c2nc3c(C(N)=O)cc(Cl)cc3[nH]2)CCCN1. The predicted octanol–water partition coefficient (Wildman–Crippen LogP) is 2.67. The van der Waals surface area contributed by atoms with Crippen molar-refractivity contribution in [3.8, 4) is 0 Å². The molecule has 136 valence electrons. The highest BCUT2D eigenvalue weighted by molar-refractivity contribution is 6.32. The molecular weight excluding hydrogens is 338 g/mol. The summed E-state index contributed by atoms with van der Waals surface area (Å²) in [6.45, 7) is 6.54. The first kappa shape index (κ1) is 18.2. The van der Waals surface area contributed by atoms with E-state index in [-0.39, 0.29) is 5.54 Å². The largest absolute Gasteiger partial charge is 0.366 e. The van der Waals surface area contributed by atoms with Gasteiger partial charge in [-0.1, -0.05) is 11.6 Å². The Labute approximate surface area is 152 Å². The van der Waals surface area contributed by atoms with Crippen molar-refractivity contribution in [2.45, 2.75) is 51.1 Å². The average Bonchev–Trinajstić information content (AvgIpc) is 3.28. The zero-order chi connectivity index (χ0) is 18.0. The number of nitrogens with zero attached hydrogens (tertiary/aromatic N) is 1. The van der Waals surface area contributed by atoms with Crippen molar-refractivity contribution in [3.05, 3.63) is 28.5 Å². The van der Waals surface area contributed by atoms with Crippen LogP contribution in [0.2, 0.25) is 5.02 Å². The number of hydrogen-bond donors (Lipinski definition) is 4. The molecule has 1 amide bonds. The number of carbonyl (C=O) groups excluding carboxylic acids is 1. The summed E-state index contributed by atoms with van der Waals surface area (Å²) in [6, 6.07) is 4.12. The average molecular weight is 364 g/mol. The second kappa shape index (κ2) is 7.32. The Balaban J connectivity index is 0.000000258. The minimum atomic E-state index is -0.518. The number of halogens is 1. The molecule has 0 bridgehead atoms. The quantitative estimate of drug-likeness (QED) is 0.659. The molecule has 1 aromatic heterocycles. The van der Waals surface area contributed by atoms with Gasteiger partial charge in [0.25, 0.3) is 5.91 Å². The van der Waals surface area contributed by atoms with Crippen LogP contribution in [0.15, 0.2) is 12.1 Å². The summed E-state index contributed by atoms with van der Waals surface area (Å²) >= 11 is 6.00. The number of fused-ring (bicyclic) bond motifs is 1. The van der Waals surface area contributed by atoms with Crippen molar-refractivity contribution in [2.24, 2.45) is 5.73 Å². The Morgan fingerprint density at radius 2 is 2.16 bits per heavy atom. The first-order chi connectivity index (χ1) is 11.9. The monoisotopic (exact) mass is 363 g/mol. The van der Waals surface area contributed by atoms with Gasteiger partial charge in [-0.3, -0.25) is 4.79 Å². The molecular formula is C18H26ClN5O. The maximum Gasteiger partial charge on any atom is 0.251 e. The molecule has 6 nitrogen and oxygen atoms in total. The summed E-state index contributed by atoms with van der Waals surface area (Å²) in [7, 11) is 0. The lowest BCUT2D eigenvalue weighted by Crippen LogP contribution is -2.34. The van der Waals surface area contributed by atoms with Gasteiger partial charge >= 0.3 is 0 Å². The number of amides is 1. The third kappa shape index (κ3) is 3.97. The van der Waals surface area contributed by atoms with Crippen molar-refractivity contribution in [2.75, 3.05) is 13.1 Å². The number of rotatable bonds is 2. The van der Waals surface area contributed by atoms with Gasteiger partial charge < -0.3 is 21.4 Å². The first-order valence-electron chi connectivity index (χ1n) is 8.87. The van der Waals surface area contributed by atoms with Gasteiger partial charge in [0.15, 0.2) is 0 Å². The van der Waals surface area contributed by atoms with Crippen molar-refractivity contribution in [3.63, 3.8) is 0 Å². The molecule has 2 aliphatic rings. The van der Waals surface area contributed by atoms with Crippen LogP contribution in [0.1, 0.15) is 55.7 Å². The van der Waals surface area contributed by atoms with Gasteiger partial charge in [0, 0.05) is 11.1 Å². The van der Waals surface area contributed by atoms with E-state index in [0.717, 1.165) is 36.8 Å². The van der Waals surface area contributed by atoms with Gasteiger partial charge in [-0.05, 0) is 64.8 Å². The van der Waals surface area contributed by atoms with Crippen LogP contribution in [0.3, 0.4) is 0 Å². The third-order valence-corrected chi connectivity index (χ3v) is 5.23. The van der Waals surface area contributed by atoms with Crippen LogP contribution in [0, 0.1) is 0 Å². The fourth-order valence-corrected chi connectivity index (χ4v) is 3.71. The molecule has 0 saturated carbocycles. The van der Waals surface area contributed by atoms with Crippen molar-refractivity contribution < 1.29 is 4.79 Å². The first-order valence-corrected chi connectivity index (χ1v) is 9.25. The van der Waals surface area contributed by atoms with E-state index in [1.165, 1.54) is 19.4 Å². The lowest BCUT2D eigenvalue weighted by Gasteiger charge is -2.21. The minimum Gasteiger partial charge on any atom is -0.366 e. The fraction of sp³-hybridized carbons (Fsp3) is 0.556. The maximum absolute atomic E-state index is 11.5. The Bertz CT molecular complexity index is 760. The molecule has 0 spiro atoms. The number of hydrogen-bond acceptors (Lipinski definition) is 4.